The monoisotopic (exact) mass is 336 g/mol. The lowest BCUT2D eigenvalue weighted by Crippen LogP contribution is -2.48. The Kier molecular flexibility index (Phi) is 6.63. The van der Waals surface area contributed by atoms with Crippen molar-refractivity contribution < 1.29 is 13.9 Å². The number of piperidine rings is 1. The summed E-state index contributed by atoms with van der Waals surface area (Å²) in [6.07, 6.45) is 1.82. The Hall–Kier alpha value is -2.05. The largest absolute Gasteiger partial charge is 0.466 e. The van der Waals surface area contributed by atoms with Crippen LogP contribution in [0.25, 0.3) is 0 Å². The third kappa shape index (κ3) is 4.72. The molecule has 0 spiro atoms. The van der Waals surface area contributed by atoms with Crippen molar-refractivity contribution in [1.29, 1.82) is 0 Å². The normalized spacial score (nSPS) is 18.6. The summed E-state index contributed by atoms with van der Waals surface area (Å²) in [5.41, 5.74) is 0.894. The molecular weight excluding hydrogens is 308 g/mol. The maximum absolute atomic E-state index is 12.0. The Labute approximate surface area is 143 Å². The molecule has 1 saturated heterocycles. The number of nitrogens with one attached hydrogen (secondary N) is 1. The molecule has 7 heteroatoms. The Morgan fingerprint density at radius 2 is 2.25 bits per heavy atom. The quantitative estimate of drug-likeness (QED) is 0.503. The first-order valence-corrected chi connectivity index (χ1v) is 8.67. The number of carbonyl (C=O) groups is 1. The molecule has 1 aliphatic heterocycles. The number of likely N-dealkylation sites (tertiary alicyclic amines) is 1. The summed E-state index contributed by atoms with van der Waals surface area (Å²) >= 11 is 0. The molecule has 24 heavy (non-hydrogen) atoms. The first-order chi connectivity index (χ1) is 11.5. The fraction of sp³-hybridized carbons (Fsp3) is 0.706. The molecule has 1 atom stereocenters. The summed E-state index contributed by atoms with van der Waals surface area (Å²) in [6.45, 7) is 10.8. The number of guanidine groups is 1. The zero-order valence-electron chi connectivity index (χ0n) is 15.1. The SMILES string of the molecule is CCNC(=NCc1nc(C)c(C)o1)N1CCCC(C(=O)OCC)C1. The topological polar surface area (TPSA) is 80.0 Å². The minimum atomic E-state index is -0.114. The number of hydrogen-bond donors (Lipinski definition) is 1. The van der Waals surface area contributed by atoms with Crippen LogP contribution in [0.15, 0.2) is 9.41 Å². The number of aliphatic imine (C=N–C) groups is 1. The molecule has 1 unspecified atom stereocenters. The van der Waals surface area contributed by atoms with E-state index in [1.54, 1.807) is 0 Å². The third-order valence-electron chi connectivity index (χ3n) is 4.11. The lowest BCUT2D eigenvalue weighted by Gasteiger charge is -2.33. The van der Waals surface area contributed by atoms with Gasteiger partial charge in [0.1, 0.15) is 12.3 Å². The highest BCUT2D eigenvalue weighted by molar-refractivity contribution is 5.81. The van der Waals surface area contributed by atoms with Gasteiger partial charge in [-0.3, -0.25) is 4.79 Å². The van der Waals surface area contributed by atoms with Gasteiger partial charge >= 0.3 is 5.97 Å². The molecule has 0 amide bonds. The number of aryl methyl sites for hydroxylation is 2. The van der Waals surface area contributed by atoms with Gasteiger partial charge in [0.25, 0.3) is 0 Å². The molecule has 2 rings (SSSR count). The molecule has 1 aromatic heterocycles. The highest BCUT2D eigenvalue weighted by Gasteiger charge is 2.28. The van der Waals surface area contributed by atoms with Crippen LogP contribution in [-0.4, -0.2) is 48.1 Å². The summed E-state index contributed by atoms with van der Waals surface area (Å²) < 4.78 is 10.7. The molecule has 0 radical (unpaired) electrons. The first-order valence-electron chi connectivity index (χ1n) is 8.67. The van der Waals surface area contributed by atoms with E-state index in [1.165, 1.54) is 0 Å². The number of nitrogens with zero attached hydrogens (tertiary/aromatic N) is 3. The molecule has 0 aliphatic carbocycles. The summed E-state index contributed by atoms with van der Waals surface area (Å²) in [4.78, 5) is 23.1. The number of rotatable bonds is 5. The van der Waals surface area contributed by atoms with Gasteiger partial charge in [0, 0.05) is 19.6 Å². The zero-order chi connectivity index (χ0) is 17.5. The van der Waals surface area contributed by atoms with Crippen molar-refractivity contribution in [2.24, 2.45) is 10.9 Å². The summed E-state index contributed by atoms with van der Waals surface area (Å²) in [5.74, 6) is 2.02. The average molecular weight is 336 g/mol. The van der Waals surface area contributed by atoms with Gasteiger partial charge in [-0.05, 0) is 40.5 Å². The van der Waals surface area contributed by atoms with E-state index in [0.29, 0.717) is 25.6 Å². The van der Waals surface area contributed by atoms with E-state index in [9.17, 15) is 4.79 Å². The fourth-order valence-electron chi connectivity index (χ4n) is 2.80. The van der Waals surface area contributed by atoms with Crippen LogP contribution in [0.1, 0.15) is 44.0 Å². The maximum Gasteiger partial charge on any atom is 0.310 e. The summed E-state index contributed by atoms with van der Waals surface area (Å²) in [6, 6.07) is 0. The van der Waals surface area contributed by atoms with Crippen molar-refractivity contribution in [2.75, 3.05) is 26.2 Å². The van der Waals surface area contributed by atoms with Crippen molar-refractivity contribution in [3.8, 4) is 0 Å². The van der Waals surface area contributed by atoms with E-state index in [-0.39, 0.29) is 11.9 Å². The molecule has 0 saturated carbocycles. The first kappa shape index (κ1) is 18.3. The van der Waals surface area contributed by atoms with Gasteiger partial charge in [0.15, 0.2) is 5.96 Å². The van der Waals surface area contributed by atoms with E-state index in [0.717, 1.165) is 43.3 Å². The summed E-state index contributed by atoms with van der Waals surface area (Å²) in [5, 5.41) is 3.29. The van der Waals surface area contributed by atoms with Crippen molar-refractivity contribution in [1.82, 2.24) is 15.2 Å². The summed E-state index contributed by atoms with van der Waals surface area (Å²) in [7, 11) is 0. The second-order valence-corrected chi connectivity index (χ2v) is 5.96. The van der Waals surface area contributed by atoms with Crippen LogP contribution in [-0.2, 0) is 16.1 Å². The Morgan fingerprint density at radius 3 is 2.88 bits per heavy atom. The van der Waals surface area contributed by atoms with Crippen LogP contribution in [0, 0.1) is 19.8 Å². The van der Waals surface area contributed by atoms with Crippen LogP contribution < -0.4 is 5.32 Å². The van der Waals surface area contributed by atoms with E-state index >= 15 is 0 Å². The van der Waals surface area contributed by atoms with E-state index < -0.39 is 0 Å². The molecule has 1 N–H and O–H groups in total. The third-order valence-corrected chi connectivity index (χ3v) is 4.11. The molecule has 1 aromatic rings. The van der Waals surface area contributed by atoms with Crippen molar-refractivity contribution in [3.05, 3.63) is 17.3 Å². The number of oxazole rings is 1. The highest BCUT2D eigenvalue weighted by atomic mass is 16.5. The Balaban J connectivity index is 2.05. The number of hydrogen-bond acceptors (Lipinski definition) is 5. The predicted octanol–water partition coefficient (Wildman–Crippen LogP) is 2.03. The smallest absolute Gasteiger partial charge is 0.310 e. The van der Waals surface area contributed by atoms with Crippen LogP contribution in [0.5, 0.6) is 0 Å². The number of aromatic nitrogens is 1. The minimum absolute atomic E-state index is 0.0891. The van der Waals surface area contributed by atoms with Gasteiger partial charge in [-0.25, -0.2) is 9.98 Å². The fourth-order valence-corrected chi connectivity index (χ4v) is 2.80. The Bertz CT molecular complexity index is 563. The highest BCUT2D eigenvalue weighted by Crippen LogP contribution is 2.18. The second kappa shape index (κ2) is 8.70. The van der Waals surface area contributed by atoms with Crippen LogP contribution in [0.3, 0.4) is 0 Å². The van der Waals surface area contributed by atoms with Gasteiger partial charge < -0.3 is 19.4 Å². The van der Waals surface area contributed by atoms with Gasteiger partial charge in [0.2, 0.25) is 5.89 Å². The Morgan fingerprint density at radius 1 is 1.46 bits per heavy atom. The van der Waals surface area contributed by atoms with E-state index in [1.807, 2.05) is 27.7 Å². The molecule has 7 nitrogen and oxygen atoms in total. The van der Waals surface area contributed by atoms with Gasteiger partial charge in [-0.15, -0.1) is 0 Å². The van der Waals surface area contributed by atoms with Gasteiger partial charge in [0.05, 0.1) is 18.2 Å². The van der Waals surface area contributed by atoms with E-state index in [4.69, 9.17) is 9.15 Å². The number of carbonyl (C=O) groups excluding carboxylic acids is 1. The molecule has 1 fully saturated rings. The van der Waals surface area contributed by atoms with Gasteiger partial charge in [-0.1, -0.05) is 0 Å². The molecule has 0 aromatic carbocycles. The molecule has 0 bridgehead atoms. The van der Waals surface area contributed by atoms with Gasteiger partial charge in [-0.2, -0.15) is 0 Å². The number of ether oxygens (including phenoxy) is 1. The zero-order valence-corrected chi connectivity index (χ0v) is 15.1. The minimum Gasteiger partial charge on any atom is -0.466 e. The lowest BCUT2D eigenvalue weighted by molar-refractivity contribution is -0.149. The second-order valence-electron chi connectivity index (χ2n) is 5.96. The lowest BCUT2D eigenvalue weighted by atomic mass is 9.98. The van der Waals surface area contributed by atoms with Crippen LogP contribution in [0.2, 0.25) is 0 Å². The molecule has 2 heterocycles. The van der Waals surface area contributed by atoms with Crippen molar-refractivity contribution in [3.63, 3.8) is 0 Å². The molecular formula is C17H28N4O3. The van der Waals surface area contributed by atoms with Crippen molar-refractivity contribution in [2.45, 2.75) is 47.1 Å². The van der Waals surface area contributed by atoms with Crippen LogP contribution >= 0.6 is 0 Å². The van der Waals surface area contributed by atoms with E-state index in [2.05, 4.69) is 20.2 Å². The molecule has 134 valence electrons. The maximum atomic E-state index is 12.0. The number of esters is 1. The molecule has 1 aliphatic rings. The van der Waals surface area contributed by atoms with Crippen LogP contribution in [0.4, 0.5) is 0 Å². The van der Waals surface area contributed by atoms with Crippen molar-refractivity contribution >= 4 is 11.9 Å². The standard InChI is InChI=1S/C17H28N4O3/c1-5-18-17(19-10-15-20-12(3)13(4)24-15)21-9-7-8-14(11-21)16(22)23-6-2/h14H,5-11H2,1-4H3,(H,18,19). The predicted molar refractivity (Wildman–Crippen MR) is 91.7 cm³/mol. The average Bonchev–Trinajstić information content (AvgIpc) is 2.90.